The van der Waals surface area contributed by atoms with Gasteiger partial charge >= 0.3 is 6.09 Å². The van der Waals surface area contributed by atoms with Gasteiger partial charge in [-0.1, -0.05) is 62.7 Å². The van der Waals surface area contributed by atoms with Crippen molar-refractivity contribution in [1.82, 2.24) is 19.8 Å². The van der Waals surface area contributed by atoms with Crippen molar-refractivity contribution < 1.29 is 14.3 Å². The Kier molecular flexibility index (Phi) is 9.18. The maximum absolute atomic E-state index is 13.9. The van der Waals surface area contributed by atoms with E-state index in [0.717, 1.165) is 30.8 Å². The minimum Gasteiger partial charge on any atom is -0.494 e. The van der Waals surface area contributed by atoms with Crippen LogP contribution in [0.5, 0.6) is 5.75 Å². The van der Waals surface area contributed by atoms with Gasteiger partial charge in [-0.3, -0.25) is 9.36 Å². The largest absolute Gasteiger partial charge is 0.494 e. The molecule has 8 nitrogen and oxygen atoms in total. The molecule has 9 heteroatoms. The fraction of sp³-hybridized carbons (Fsp3) is 0.500. The zero-order valence-electron chi connectivity index (χ0n) is 23.5. The topological polar surface area (TPSA) is 85.7 Å². The molecule has 2 unspecified atom stereocenters. The summed E-state index contributed by atoms with van der Waals surface area (Å²) < 4.78 is 12.8. The standard InChI is InChI=1S/C30H39ClN4O4/c1-30(2,3)19-35-27(33-26-23(28(35)36)16-21(31)17-25(26)38-5)22-12-9-15-34(4)24(22)13-14-32-29(37)39-18-20-10-7-6-8-11-20/h6-8,10-11,16-17,22,24H,9,12-15,18-19H2,1-5H3,(H,32,37). The monoisotopic (exact) mass is 554 g/mol. The summed E-state index contributed by atoms with van der Waals surface area (Å²) in [6.45, 7) is 8.48. The van der Waals surface area contributed by atoms with Gasteiger partial charge in [-0.05, 0) is 49.9 Å². The predicted octanol–water partition coefficient (Wildman–Crippen LogP) is 5.60. The number of carbonyl (C=O) groups excluding carboxylic acids is 1. The van der Waals surface area contributed by atoms with Crippen LogP contribution in [0, 0.1) is 5.41 Å². The van der Waals surface area contributed by atoms with E-state index in [9.17, 15) is 9.59 Å². The second-order valence-corrected chi connectivity index (χ2v) is 11.9. The number of nitrogens with one attached hydrogen (secondary N) is 1. The number of methoxy groups -OCH3 is 1. The summed E-state index contributed by atoms with van der Waals surface area (Å²) in [5, 5.41) is 3.79. The normalized spacial score (nSPS) is 18.2. The Morgan fingerprint density at radius 1 is 1.21 bits per heavy atom. The van der Waals surface area contributed by atoms with Crippen LogP contribution in [0.4, 0.5) is 4.79 Å². The van der Waals surface area contributed by atoms with E-state index in [1.807, 2.05) is 34.9 Å². The molecule has 2 aromatic carbocycles. The van der Waals surface area contributed by atoms with Crippen molar-refractivity contribution in [1.29, 1.82) is 0 Å². The minimum absolute atomic E-state index is 0.00530. The highest BCUT2D eigenvalue weighted by molar-refractivity contribution is 6.31. The van der Waals surface area contributed by atoms with E-state index in [1.165, 1.54) is 0 Å². The van der Waals surface area contributed by atoms with Crippen molar-refractivity contribution in [2.24, 2.45) is 5.41 Å². The Morgan fingerprint density at radius 3 is 2.64 bits per heavy atom. The van der Waals surface area contributed by atoms with Crippen LogP contribution in [-0.4, -0.2) is 53.8 Å². The van der Waals surface area contributed by atoms with Crippen LogP contribution in [0.25, 0.3) is 10.9 Å². The Labute approximate surface area is 235 Å². The average molecular weight is 555 g/mol. The van der Waals surface area contributed by atoms with Crippen LogP contribution in [-0.2, 0) is 17.9 Å². The molecular formula is C30H39ClN4O4. The van der Waals surface area contributed by atoms with Crippen LogP contribution < -0.4 is 15.6 Å². The third-order valence-electron chi connectivity index (χ3n) is 7.18. The second-order valence-electron chi connectivity index (χ2n) is 11.5. The SMILES string of the molecule is COc1cc(Cl)cc2c(=O)n(CC(C)(C)C)c(C3CCCN(C)C3CCNC(=O)OCc3ccccc3)nc12. The maximum Gasteiger partial charge on any atom is 0.407 e. The zero-order valence-corrected chi connectivity index (χ0v) is 24.3. The molecule has 1 N–H and O–H groups in total. The molecule has 0 saturated carbocycles. The fourth-order valence-electron chi connectivity index (χ4n) is 5.39. The fourth-order valence-corrected chi connectivity index (χ4v) is 5.60. The van der Waals surface area contributed by atoms with Crippen LogP contribution in [0.2, 0.25) is 5.02 Å². The van der Waals surface area contributed by atoms with Crippen molar-refractivity contribution in [2.45, 2.75) is 65.1 Å². The molecule has 2 atom stereocenters. The first-order chi connectivity index (χ1) is 18.6. The lowest BCUT2D eigenvalue weighted by Crippen LogP contribution is -2.46. The lowest BCUT2D eigenvalue weighted by atomic mass is 9.85. The first-order valence-electron chi connectivity index (χ1n) is 13.5. The molecule has 4 rings (SSSR count). The Bertz CT molecular complexity index is 1350. The molecule has 0 aliphatic carbocycles. The van der Waals surface area contributed by atoms with Crippen molar-refractivity contribution in [3.63, 3.8) is 0 Å². The number of hydrogen-bond acceptors (Lipinski definition) is 6. The quantitative estimate of drug-likeness (QED) is 0.390. The molecule has 1 amide bonds. The average Bonchev–Trinajstić information content (AvgIpc) is 2.89. The summed E-state index contributed by atoms with van der Waals surface area (Å²) in [6, 6.07) is 13.1. The maximum atomic E-state index is 13.9. The molecule has 0 radical (unpaired) electrons. The smallest absolute Gasteiger partial charge is 0.407 e. The molecule has 0 bridgehead atoms. The van der Waals surface area contributed by atoms with E-state index >= 15 is 0 Å². The van der Waals surface area contributed by atoms with Crippen molar-refractivity contribution in [2.75, 3.05) is 27.2 Å². The molecular weight excluding hydrogens is 516 g/mol. The van der Waals surface area contributed by atoms with Crippen molar-refractivity contribution >= 4 is 28.6 Å². The Balaban J connectivity index is 1.61. The predicted molar refractivity (Wildman–Crippen MR) is 155 cm³/mol. The van der Waals surface area contributed by atoms with Gasteiger partial charge in [0.25, 0.3) is 5.56 Å². The summed E-state index contributed by atoms with van der Waals surface area (Å²) in [5.74, 6) is 1.25. The van der Waals surface area contributed by atoms with Gasteiger partial charge in [-0.25, -0.2) is 9.78 Å². The highest BCUT2D eigenvalue weighted by Crippen LogP contribution is 2.35. The highest BCUT2D eigenvalue weighted by Gasteiger charge is 2.34. The van der Waals surface area contributed by atoms with Gasteiger partial charge in [0.1, 0.15) is 23.7 Å². The van der Waals surface area contributed by atoms with E-state index in [4.69, 9.17) is 26.1 Å². The van der Waals surface area contributed by atoms with Crippen molar-refractivity contribution in [3.8, 4) is 5.75 Å². The number of fused-ring (bicyclic) bond motifs is 1. The van der Waals surface area contributed by atoms with Gasteiger partial charge in [0, 0.05) is 36.1 Å². The van der Waals surface area contributed by atoms with Crippen LogP contribution in [0.15, 0.2) is 47.3 Å². The van der Waals surface area contributed by atoms with Gasteiger partial charge < -0.3 is 19.7 Å². The van der Waals surface area contributed by atoms with Gasteiger partial charge in [0.05, 0.1) is 12.5 Å². The number of likely N-dealkylation sites (tertiary alicyclic amines) is 1. The molecule has 1 aromatic heterocycles. The molecule has 0 spiro atoms. The molecule has 1 aliphatic heterocycles. The molecule has 210 valence electrons. The van der Waals surface area contributed by atoms with Crippen LogP contribution >= 0.6 is 11.6 Å². The Hall–Kier alpha value is -3.10. The summed E-state index contributed by atoms with van der Waals surface area (Å²) in [7, 11) is 3.66. The lowest BCUT2D eigenvalue weighted by molar-refractivity contribution is 0.128. The van der Waals surface area contributed by atoms with E-state index in [0.29, 0.717) is 41.2 Å². The van der Waals surface area contributed by atoms with E-state index in [2.05, 4.69) is 38.0 Å². The van der Waals surface area contributed by atoms with E-state index in [-0.39, 0.29) is 29.5 Å². The van der Waals surface area contributed by atoms with Gasteiger partial charge in [0.15, 0.2) is 0 Å². The zero-order chi connectivity index (χ0) is 28.2. The third kappa shape index (κ3) is 7.11. The molecule has 39 heavy (non-hydrogen) atoms. The van der Waals surface area contributed by atoms with Gasteiger partial charge in [-0.2, -0.15) is 0 Å². The second kappa shape index (κ2) is 12.4. The number of ether oxygens (including phenoxy) is 2. The first-order valence-corrected chi connectivity index (χ1v) is 13.9. The molecule has 3 aromatic rings. The lowest BCUT2D eigenvalue weighted by Gasteiger charge is -2.40. The first kappa shape index (κ1) is 28.9. The summed E-state index contributed by atoms with van der Waals surface area (Å²) in [4.78, 5) is 33.6. The Morgan fingerprint density at radius 2 is 1.95 bits per heavy atom. The van der Waals surface area contributed by atoms with Gasteiger partial charge in [-0.15, -0.1) is 0 Å². The van der Waals surface area contributed by atoms with Crippen LogP contribution in [0.3, 0.4) is 0 Å². The number of aromatic nitrogens is 2. The molecule has 1 saturated heterocycles. The number of rotatable bonds is 8. The highest BCUT2D eigenvalue weighted by atomic mass is 35.5. The summed E-state index contributed by atoms with van der Waals surface area (Å²) >= 11 is 6.32. The number of carbonyl (C=O) groups is 1. The van der Waals surface area contributed by atoms with Crippen LogP contribution in [0.1, 0.15) is 57.3 Å². The number of piperidine rings is 1. The summed E-state index contributed by atoms with van der Waals surface area (Å²) in [6.07, 6.45) is 2.14. The molecule has 2 heterocycles. The van der Waals surface area contributed by atoms with Crippen molar-refractivity contribution in [3.05, 3.63) is 69.2 Å². The number of nitrogens with zero attached hydrogens (tertiary/aromatic N) is 3. The number of halogens is 1. The number of hydrogen-bond donors (Lipinski definition) is 1. The summed E-state index contributed by atoms with van der Waals surface area (Å²) in [5.41, 5.74) is 1.22. The molecule has 1 fully saturated rings. The number of benzene rings is 2. The van der Waals surface area contributed by atoms with E-state index < -0.39 is 6.09 Å². The minimum atomic E-state index is -0.441. The number of alkyl carbamates (subject to hydrolysis) is 1. The third-order valence-corrected chi connectivity index (χ3v) is 7.40. The molecule has 1 aliphatic rings. The number of likely N-dealkylation sites (N-methyl/N-ethyl adjacent to an activating group) is 1. The number of amides is 1. The van der Waals surface area contributed by atoms with Gasteiger partial charge in [0.2, 0.25) is 0 Å². The van der Waals surface area contributed by atoms with E-state index in [1.54, 1.807) is 19.2 Å².